The quantitative estimate of drug-likeness (QED) is 0.764. The second-order valence-electron chi connectivity index (χ2n) is 5.18. The zero-order valence-corrected chi connectivity index (χ0v) is 12.0. The van der Waals surface area contributed by atoms with E-state index in [2.05, 4.69) is 17.1 Å². The molecule has 1 aromatic rings. The van der Waals surface area contributed by atoms with Crippen LogP contribution in [0.15, 0.2) is 30.3 Å². The summed E-state index contributed by atoms with van der Waals surface area (Å²) in [5.74, 6) is 0.971. The smallest absolute Gasteiger partial charge is 0.119 e. The van der Waals surface area contributed by atoms with Crippen molar-refractivity contribution in [3.63, 3.8) is 0 Å². The van der Waals surface area contributed by atoms with E-state index in [4.69, 9.17) is 4.74 Å². The molecule has 2 rings (SSSR count). The molecule has 1 fully saturated rings. The van der Waals surface area contributed by atoms with Crippen LogP contribution in [0.25, 0.3) is 0 Å². The molecule has 0 saturated carbocycles. The van der Waals surface area contributed by atoms with Gasteiger partial charge in [0.1, 0.15) is 5.75 Å². The summed E-state index contributed by atoms with van der Waals surface area (Å²) in [5.41, 5.74) is 0. The molecule has 0 aliphatic carbocycles. The van der Waals surface area contributed by atoms with Crippen molar-refractivity contribution in [3.8, 4) is 5.75 Å². The molecular weight excluding hydrogens is 236 g/mol. The van der Waals surface area contributed by atoms with Crippen molar-refractivity contribution in [2.45, 2.75) is 32.2 Å². The van der Waals surface area contributed by atoms with Crippen LogP contribution in [0.1, 0.15) is 26.2 Å². The third kappa shape index (κ3) is 5.21. The topological polar surface area (TPSA) is 24.5 Å². The second-order valence-corrected chi connectivity index (χ2v) is 5.18. The van der Waals surface area contributed by atoms with E-state index >= 15 is 0 Å². The number of para-hydroxylation sites is 1. The van der Waals surface area contributed by atoms with Gasteiger partial charge < -0.3 is 15.0 Å². The first-order valence-corrected chi connectivity index (χ1v) is 7.52. The Bertz CT molecular complexity index is 334. The Morgan fingerprint density at radius 1 is 1.21 bits per heavy atom. The highest BCUT2D eigenvalue weighted by Gasteiger charge is 2.16. The minimum absolute atomic E-state index is 0.708. The number of hydrogen-bond acceptors (Lipinski definition) is 3. The van der Waals surface area contributed by atoms with Crippen molar-refractivity contribution in [2.24, 2.45) is 0 Å². The summed E-state index contributed by atoms with van der Waals surface area (Å²) in [7, 11) is 0. The van der Waals surface area contributed by atoms with Gasteiger partial charge in [-0.25, -0.2) is 0 Å². The SMILES string of the molecule is CCN1CCC(NCCCOc2ccccc2)CC1. The molecule has 0 atom stereocenters. The molecule has 0 unspecified atom stereocenters. The van der Waals surface area contributed by atoms with Gasteiger partial charge in [0, 0.05) is 6.04 Å². The Morgan fingerprint density at radius 3 is 2.63 bits per heavy atom. The van der Waals surface area contributed by atoms with Gasteiger partial charge in [0.15, 0.2) is 0 Å². The Morgan fingerprint density at radius 2 is 1.95 bits per heavy atom. The van der Waals surface area contributed by atoms with Crippen LogP contribution in [0.2, 0.25) is 0 Å². The summed E-state index contributed by atoms with van der Waals surface area (Å²) >= 11 is 0. The van der Waals surface area contributed by atoms with E-state index in [1.165, 1.54) is 32.5 Å². The van der Waals surface area contributed by atoms with E-state index in [1.54, 1.807) is 0 Å². The largest absolute Gasteiger partial charge is 0.494 e. The molecule has 1 heterocycles. The van der Waals surface area contributed by atoms with Crippen LogP contribution in [0.4, 0.5) is 0 Å². The van der Waals surface area contributed by atoms with Crippen LogP contribution < -0.4 is 10.1 Å². The van der Waals surface area contributed by atoms with Crippen LogP contribution in [0.3, 0.4) is 0 Å². The molecule has 0 spiro atoms. The monoisotopic (exact) mass is 262 g/mol. The van der Waals surface area contributed by atoms with Gasteiger partial charge in [-0.15, -0.1) is 0 Å². The number of nitrogens with one attached hydrogen (secondary N) is 1. The predicted octanol–water partition coefficient (Wildman–Crippen LogP) is 2.53. The van der Waals surface area contributed by atoms with Gasteiger partial charge in [0.25, 0.3) is 0 Å². The Hall–Kier alpha value is -1.06. The molecule has 19 heavy (non-hydrogen) atoms. The molecule has 1 saturated heterocycles. The summed E-state index contributed by atoms with van der Waals surface area (Å²) in [6.45, 7) is 7.78. The van der Waals surface area contributed by atoms with Crippen molar-refractivity contribution in [1.82, 2.24) is 10.2 Å². The zero-order valence-electron chi connectivity index (χ0n) is 12.0. The molecule has 1 aliphatic heterocycles. The van der Waals surface area contributed by atoms with Gasteiger partial charge in [-0.1, -0.05) is 25.1 Å². The molecule has 0 radical (unpaired) electrons. The maximum Gasteiger partial charge on any atom is 0.119 e. The van der Waals surface area contributed by atoms with Crippen LogP contribution >= 0.6 is 0 Å². The number of hydrogen-bond donors (Lipinski definition) is 1. The first-order valence-electron chi connectivity index (χ1n) is 7.52. The van der Waals surface area contributed by atoms with Gasteiger partial charge in [-0.2, -0.15) is 0 Å². The molecule has 0 aromatic heterocycles. The maximum atomic E-state index is 5.68. The Balaban J connectivity index is 1.51. The highest BCUT2D eigenvalue weighted by atomic mass is 16.5. The van der Waals surface area contributed by atoms with Gasteiger partial charge in [-0.3, -0.25) is 0 Å². The van der Waals surface area contributed by atoms with Crippen molar-refractivity contribution in [3.05, 3.63) is 30.3 Å². The normalized spacial score (nSPS) is 17.5. The molecule has 3 nitrogen and oxygen atoms in total. The summed E-state index contributed by atoms with van der Waals surface area (Å²) in [6.07, 6.45) is 3.64. The zero-order chi connectivity index (χ0) is 13.3. The van der Waals surface area contributed by atoms with Gasteiger partial charge in [-0.05, 0) is 57.6 Å². The van der Waals surface area contributed by atoms with Gasteiger partial charge >= 0.3 is 0 Å². The molecule has 0 bridgehead atoms. The molecule has 1 aromatic carbocycles. The lowest BCUT2D eigenvalue weighted by Crippen LogP contribution is -2.42. The average molecular weight is 262 g/mol. The van der Waals surface area contributed by atoms with Gasteiger partial charge in [0.2, 0.25) is 0 Å². The molecule has 1 aliphatic rings. The molecule has 0 amide bonds. The number of likely N-dealkylation sites (tertiary alicyclic amines) is 1. The number of piperidine rings is 1. The van der Waals surface area contributed by atoms with Crippen LogP contribution in [0.5, 0.6) is 5.75 Å². The predicted molar refractivity (Wildman–Crippen MR) is 79.7 cm³/mol. The van der Waals surface area contributed by atoms with Crippen molar-refractivity contribution < 1.29 is 4.74 Å². The number of ether oxygens (including phenoxy) is 1. The van der Waals surface area contributed by atoms with Crippen LogP contribution in [-0.2, 0) is 0 Å². The lowest BCUT2D eigenvalue weighted by atomic mass is 10.1. The standard InChI is InChI=1S/C16H26N2O/c1-2-18-12-9-15(10-13-18)17-11-6-14-19-16-7-4-3-5-8-16/h3-5,7-8,15,17H,2,6,9-14H2,1H3. The molecule has 1 N–H and O–H groups in total. The fraction of sp³-hybridized carbons (Fsp3) is 0.625. The molecule has 3 heteroatoms. The highest BCUT2D eigenvalue weighted by molar-refractivity contribution is 5.20. The fourth-order valence-electron chi connectivity index (χ4n) is 2.54. The summed E-state index contributed by atoms with van der Waals surface area (Å²) in [6, 6.07) is 10.8. The van der Waals surface area contributed by atoms with E-state index < -0.39 is 0 Å². The minimum atomic E-state index is 0.708. The van der Waals surface area contributed by atoms with E-state index in [-0.39, 0.29) is 0 Å². The van der Waals surface area contributed by atoms with E-state index in [9.17, 15) is 0 Å². The number of rotatable bonds is 7. The second kappa shape index (κ2) is 8.18. The number of nitrogens with zero attached hydrogens (tertiary/aromatic N) is 1. The van der Waals surface area contributed by atoms with Gasteiger partial charge in [0.05, 0.1) is 6.61 Å². The third-order valence-corrected chi connectivity index (χ3v) is 3.80. The first-order chi connectivity index (χ1) is 9.38. The molecule has 106 valence electrons. The summed E-state index contributed by atoms with van der Waals surface area (Å²) < 4.78 is 5.68. The lowest BCUT2D eigenvalue weighted by Gasteiger charge is -2.31. The third-order valence-electron chi connectivity index (χ3n) is 3.80. The Kier molecular flexibility index (Phi) is 6.18. The first kappa shape index (κ1) is 14.4. The Labute approximate surface area is 116 Å². The van der Waals surface area contributed by atoms with E-state index in [1.807, 2.05) is 30.3 Å². The van der Waals surface area contributed by atoms with Crippen molar-refractivity contribution >= 4 is 0 Å². The van der Waals surface area contributed by atoms with E-state index in [0.717, 1.165) is 25.3 Å². The maximum absolute atomic E-state index is 5.68. The average Bonchev–Trinajstić information content (AvgIpc) is 2.49. The van der Waals surface area contributed by atoms with E-state index in [0.29, 0.717) is 6.04 Å². The minimum Gasteiger partial charge on any atom is -0.494 e. The fourth-order valence-corrected chi connectivity index (χ4v) is 2.54. The van der Waals surface area contributed by atoms with Crippen LogP contribution in [0, 0.1) is 0 Å². The van der Waals surface area contributed by atoms with Crippen LogP contribution in [-0.4, -0.2) is 43.7 Å². The summed E-state index contributed by atoms with van der Waals surface area (Å²) in [5, 5.41) is 3.65. The van der Waals surface area contributed by atoms with Crippen molar-refractivity contribution in [1.29, 1.82) is 0 Å². The molecular formula is C16H26N2O. The lowest BCUT2D eigenvalue weighted by molar-refractivity contribution is 0.204. The summed E-state index contributed by atoms with van der Waals surface area (Å²) in [4.78, 5) is 2.52. The number of benzene rings is 1. The van der Waals surface area contributed by atoms with Crippen molar-refractivity contribution in [2.75, 3.05) is 32.8 Å². The highest BCUT2D eigenvalue weighted by Crippen LogP contribution is 2.10.